The van der Waals surface area contributed by atoms with Crippen molar-refractivity contribution in [2.75, 3.05) is 11.9 Å². The zero-order chi connectivity index (χ0) is 15.9. The molecule has 0 spiro atoms. The van der Waals surface area contributed by atoms with Gasteiger partial charge in [0.05, 0.1) is 18.0 Å². The molecule has 1 atom stereocenters. The number of benzene rings is 2. The molecule has 0 saturated carbocycles. The Morgan fingerprint density at radius 1 is 1.09 bits per heavy atom. The summed E-state index contributed by atoms with van der Waals surface area (Å²) < 4.78 is 0.959. The highest BCUT2D eigenvalue weighted by Gasteiger charge is 2.18. The van der Waals surface area contributed by atoms with Gasteiger partial charge in [-0.2, -0.15) is 0 Å². The van der Waals surface area contributed by atoms with E-state index in [1.165, 1.54) is 0 Å². The van der Waals surface area contributed by atoms with Gasteiger partial charge in [0, 0.05) is 11.0 Å². The molecular formula is C17H17Br2NO2. The molecule has 116 valence electrons. The zero-order valence-corrected chi connectivity index (χ0v) is 15.1. The zero-order valence-electron chi connectivity index (χ0n) is 12.0. The number of aliphatic hydroxyl groups is 1. The van der Waals surface area contributed by atoms with Crippen molar-refractivity contribution in [3.05, 3.63) is 70.2 Å². The lowest BCUT2D eigenvalue weighted by Gasteiger charge is -2.25. The molecule has 22 heavy (non-hydrogen) atoms. The number of alkyl halides is 1. The van der Waals surface area contributed by atoms with Crippen LogP contribution in [-0.2, 0) is 11.3 Å². The molecule has 3 nitrogen and oxygen atoms in total. The van der Waals surface area contributed by atoms with Crippen molar-refractivity contribution in [1.29, 1.82) is 0 Å². The van der Waals surface area contributed by atoms with Crippen LogP contribution >= 0.6 is 31.9 Å². The maximum absolute atomic E-state index is 12.1. The summed E-state index contributed by atoms with van der Waals surface area (Å²) in [6.45, 7) is 0.750. The number of amides is 1. The van der Waals surface area contributed by atoms with Gasteiger partial charge in [-0.15, -0.1) is 0 Å². The van der Waals surface area contributed by atoms with E-state index in [-0.39, 0.29) is 17.8 Å². The van der Waals surface area contributed by atoms with Crippen LogP contribution in [0.2, 0.25) is 0 Å². The van der Waals surface area contributed by atoms with Crippen LogP contribution in [0.4, 0.5) is 0 Å². The van der Waals surface area contributed by atoms with E-state index in [1.807, 2.05) is 54.6 Å². The van der Waals surface area contributed by atoms with E-state index in [0.29, 0.717) is 6.54 Å². The first-order valence-corrected chi connectivity index (χ1v) is 8.83. The van der Waals surface area contributed by atoms with Crippen molar-refractivity contribution < 1.29 is 9.90 Å². The minimum Gasteiger partial charge on any atom is -0.387 e. The summed E-state index contributed by atoms with van der Waals surface area (Å²) in [6, 6.07) is 17.2. The molecule has 1 amide bonds. The van der Waals surface area contributed by atoms with E-state index >= 15 is 0 Å². The fraction of sp³-hybridized carbons (Fsp3) is 0.235. The number of aliphatic hydroxyl groups excluding tert-OH is 1. The third-order valence-electron chi connectivity index (χ3n) is 3.33. The quantitative estimate of drug-likeness (QED) is 0.711. The van der Waals surface area contributed by atoms with Gasteiger partial charge in [-0.3, -0.25) is 4.79 Å². The Balaban J connectivity index is 2.09. The third kappa shape index (κ3) is 4.93. The predicted octanol–water partition coefficient (Wildman–Crippen LogP) is 3.91. The summed E-state index contributed by atoms with van der Waals surface area (Å²) in [6.07, 6.45) is -0.709. The van der Waals surface area contributed by atoms with E-state index in [0.717, 1.165) is 15.6 Å². The molecule has 0 bridgehead atoms. The van der Waals surface area contributed by atoms with Crippen LogP contribution in [-0.4, -0.2) is 27.8 Å². The third-order valence-corrected chi connectivity index (χ3v) is 4.34. The topological polar surface area (TPSA) is 40.5 Å². The van der Waals surface area contributed by atoms with Crippen molar-refractivity contribution in [2.45, 2.75) is 12.6 Å². The maximum atomic E-state index is 12.1. The highest BCUT2D eigenvalue weighted by atomic mass is 79.9. The predicted molar refractivity (Wildman–Crippen MR) is 94.8 cm³/mol. The Morgan fingerprint density at radius 3 is 2.32 bits per heavy atom. The van der Waals surface area contributed by atoms with Gasteiger partial charge in [-0.1, -0.05) is 74.3 Å². The van der Waals surface area contributed by atoms with Gasteiger partial charge in [0.1, 0.15) is 0 Å². The second-order valence-corrected chi connectivity index (χ2v) is 6.44. The molecule has 2 rings (SSSR count). The number of hydrogen-bond donors (Lipinski definition) is 1. The number of rotatable bonds is 6. The lowest BCUT2D eigenvalue weighted by atomic mass is 10.1. The summed E-state index contributed by atoms with van der Waals surface area (Å²) in [5.74, 6) is -0.0417. The van der Waals surface area contributed by atoms with Crippen LogP contribution < -0.4 is 0 Å². The normalized spacial score (nSPS) is 12.0. The highest BCUT2D eigenvalue weighted by molar-refractivity contribution is 9.10. The standard InChI is InChI=1S/C17H17Br2NO2/c18-10-17(22)20(11-13-4-2-1-3-5-13)12-16(21)14-6-8-15(19)9-7-14/h1-9,16,21H,10-12H2/t16-/m1/s1. The number of halogens is 2. The fourth-order valence-corrected chi connectivity index (χ4v) is 2.76. The first kappa shape index (κ1) is 17.2. The molecule has 2 aromatic carbocycles. The second kappa shape index (κ2) is 8.46. The average Bonchev–Trinajstić information content (AvgIpc) is 2.55. The van der Waals surface area contributed by atoms with Crippen LogP contribution in [0.5, 0.6) is 0 Å². The second-order valence-electron chi connectivity index (χ2n) is 4.96. The fourth-order valence-electron chi connectivity index (χ4n) is 2.14. The molecule has 0 heterocycles. The molecule has 0 fully saturated rings. The van der Waals surface area contributed by atoms with Gasteiger partial charge in [0.25, 0.3) is 0 Å². The van der Waals surface area contributed by atoms with E-state index in [2.05, 4.69) is 31.9 Å². The molecule has 5 heteroatoms. The molecule has 0 saturated heterocycles. The van der Waals surface area contributed by atoms with Crippen LogP contribution in [0.1, 0.15) is 17.2 Å². The van der Waals surface area contributed by atoms with E-state index in [1.54, 1.807) is 4.90 Å². The average molecular weight is 427 g/mol. The molecule has 0 aliphatic heterocycles. The van der Waals surface area contributed by atoms with Crippen molar-refractivity contribution in [3.8, 4) is 0 Å². The van der Waals surface area contributed by atoms with Gasteiger partial charge in [-0.05, 0) is 23.3 Å². The van der Waals surface area contributed by atoms with Gasteiger partial charge < -0.3 is 10.0 Å². The van der Waals surface area contributed by atoms with Crippen molar-refractivity contribution in [1.82, 2.24) is 4.90 Å². The first-order valence-electron chi connectivity index (χ1n) is 6.91. The van der Waals surface area contributed by atoms with E-state index in [9.17, 15) is 9.90 Å². The molecule has 0 aliphatic rings. The maximum Gasteiger partial charge on any atom is 0.233 e. The largest absolute Gasteiger partial charge is 0.387 e. The molecule has 0 radical (unpaired) electrons. The van der Waals surface area contributed by atoms with Crippen LogP contribution in [0.15, 0.2) is 59.1 Å². The first-order chi connectivity index (χ1) is 10.6. The molecular weight excluding hydrogens is 410 g/mol. The number of carbonyl (C=O) groups excluding carboxylic acids is 1. The Morgan fingerprint density at radius 2 is 1.73 bits per heavy atom. The van der Waals surface area contributed by atoms with Crippen LogP contribution in [0, 0.1) is 0 Å². The van der Waals surface area contributed by atoms with Crippen molar-refractivity contribution >= 4 is 37.8 Å². The van der Waals surface area contributed by atoms with Crippen molar-refractivity contribution in [2.24, 2.45) is 0 Å². The summed E-state index contributed by atoms with van der Waals surface area (Å²) in [5, 5.41) is 10.6. The molecule has 0 aliphatic carbocycles. The minimum absolute atomic E-state index is 0.0417. The lowest BCUT2D eigenvalue weighted by Crippen LogP contribution is -2.35. The Kier molecular flexibility index (Phi) is 6.61. The molecule has 0 aromatic heterocycles. The summed E-state index contributed by atoms with van der Waals surface area (Å²) in [7, 11) is 0. The number of hydrogen-bond acceptors (Lipinski definition) is 2. The summed E-state index contributed by atoms with van der Waals surface area (Å²) in [4.78, 5) is 13.8. The van der Waals surface area contributed by atoms with Crippen molar-refractivity contribution in [3.63, 3.8) is 0 Å². The SMILES string of the molecule is O=C(CBr)N(Cc1ccccc1)C[C@@H](O)c1ccc(Br)cc1. The van der Waals surface area contributed by atoms with Gasteiger partial charge in [0.15, 0.2) is 0 Å². The number of nitrogens with zero attached hydrogens (tertiary/aromatic N) is 1. The Bertz CT molecular complexity index is 602. The van der Waals surface area contributed by atoms with Crippen LogP contribution in [0.25, 0.3) is 0 Å². The molecule has 1 N–H and O–H groups in total. The Hall–Kier alpha value is -1.17. The minimum atomic E-state index is -0.709. The molecule has 2 aromatic rings. The van der Waals surface area contributed by atoms with Gasteiger partial charge >= 0.3 is 0 Å². The van der Waals surface area contributed by atoms with E-state index in [4.69, 9.17) is 0 Å². The summed E-state index contributed by atoms with van der Waals surface area (Å²) >= 11 is 6.58. The molecule has 0 unspecified atom stereocenters. The van der Waals surface area contributed by atoms with Crippen LogP contribution in [0.3, 0.4) is 0 Å². The summed E-state index contributed by atoms with van der Waals surface area (Å²) in [5.41, 5.74) is 1.84. The number of carbonyl (C=O) groups is 1. The highest BCUT2D eigenvalue weighted by Crippen LogP contribution is 2.19. The van der Waals surface area contributed by atoms with E-state index < -0.39 is 6.10 Å². The van der Waals surface area contributed by atoms with Gasteiger partial charge in [0.2, 0.25) is 5.91 Å². The smallest absolute Gasteiger partial charge is 0.233 e. The Labute approximate surface area is 147 Å². The lowest BCUT2D eigenvalue weighted by molar-refractivity contribution is -0.130. The van der Waals surface area contributed by atoms with Gasteiger partial charge in [-0.25, -0.2) is 0 Å². The monoisotopic (exact) mass is 425 g/mol.